The number of nitrogens with one attached hydrogen (secondary N) is 1. The first-order valence-electron chi connectivity index (χ1n) is 7.82. The fourth-order valence-electron chi connectivity index (χ4n) is 2.37. The van der Waals surface area contributed by atoms with E-state index in [4.69, 9.17) is 4.52 Å². The van der Waals surface area contributed by atoms with Crippen molar-refractivity contribution in [3.63, 3.8) is 0 Å². The van der Waals surface area contributed by atoms with Gasteiger partial charge >= 0.3 is 0 Å². The highest BCUT2D eigenvalue weighted by Crippen LogP contribution is 2.53. The Morgan fingerprint density at radius 2 is 1.76 bits per heavy atom. The van der Waals surface area contributed by atoms with Crippen LogP contribution in [0.4, 0.5) is 0 Å². The molecule has 0 saturated carbocycles. The second-order valence-electron chi connectivity index (χ2n) is 6.58. The predicted octanol–water partition coefficient (Wildman–Crippen LogP) is 4.39. The zero-order chi connectivity index (χ0) is 16.1. The van der Waals surface area contributed by atoms with Crippen molar-refractivity contribution in [1.29, 1.82) is 0 Å². The summed E-state index contributed by atoms with van der Waals surface area (Å²) in [6.07, 6.45) is 0.956. The number of hydrogen-bond donors (Lipinski definition) is 1. The van der Waals surface area contributed by atoms with Gasteiger partial charge in [0.1, 0.15) is 0 Å². The van der Waals surface area contributed by atoms with E-state index in [1.807, 2.05) is 37.3 Å². The molecule has 1 aromatic rings. The van der Waals surface area contributed by atoms with E-state index in [1.165, 1.54) is 0 Å². The Morgan fingerprint density at radius 3 is 2.19 bits per heavy atom. The molecule has 0 fully saturated rings. The molecule has 3 unspecified atom stereocenters. The Morgan fingerprint density at radius 1 is 1.19 bits per heavy atom. The summed E-state index contributed by atoms with van der Waals surface area (Å²) < 4.78 is 19.5. The monoisotopic (exact) mass is 311 g/mol. The van der Waals surface area contributed by atoms with Gasteiger partial charge in [0.15, 0.2) is 0 Å². The lowest BCUT2D eigenvalue weighted by atomic mass is 10.0. The van der Waals surface area contributed by atoms with Crippen LogP contribution in [0.2, 0.25) is 0 Å². The first-order valence-corrected chi connectivity index (χ1v) is 9.51. The Balaban J connectivity index is 3.28. The molecule has 0 aliphatic heterocycles. The van der Waals surface area contributed by atoms with Gasteiger partial charge in [0.25, 0.3) is 0 Å². The average Bonchev–Trinajstić information content (AvgIpc) is 2.44. The molecule has 120 valence electrons. The zero-order valence-electron chi connectivity index (χ0n) is 14.2. The molecule has 0 heterocycles. The van der Waals surface area contributed by atoms with E-state index < -0.39 is 7.37 Å². The molecule has 1 aromatic carbocycles. The highest BCUT2D eigenvalue weighted by Gasteiger charge is 2.40. The lowest BCUT2D eigenvalue weighted by Gasteiger charge is -2.37. The molecule has 1 N–H and O–H groups in total. The minimum Gasteiger partial charge on any atom is -0.325 e. The smallest absolute Gasteiger partial charge is 0.248 e. The maximum absolute atomic E-state index is 13.7. The zero-order valence-corrected chi connectivity index (χ0v) is 15.1. The van der Waals surface area contributed by atoms with E-state index in [1.54, 1.807) is 0 Å². The van der Waals surface area contributed by atoms with Gasteiger partial charge in [0, 0.05) is 10.8 Å². The van der Waals surface area contributed by atoms with Crippen LogP contribution in [0.15, 0.2) is 30.3 Å². The van der Waals surface area contributed by atoms with Crippen LogP contribution in [0.5, 0.6) is 0 Å². The first kappa shape index (κ1) is 18.4. The summed E-state index contributed by atoms with van der Waals surface area (Å²) >= 11 is 0. The molecule has 1 rings (SSSR count). The van der Waals surface area contributed by atoms with Crippen LogP contribution in [-0.4, -0.2) is 17.9 Å². The largest absolute Gasteiger partial charge is 0.325 e. The van der Waals surface area contributed by atoms with E-state index >= 15 is 0 Å². The van der Waals surface area contributed by atoms with Gasteiger partial charge in [0.05, 0.1) is 12.4 Å². The van der Waals surface area contributed by atoms with Crippen LogP contribution in [0, 0.1) is 5.92 Å². The van der Waals surface area contributed by atoms with Crippen LogP contribution in [0.25, 0.3) is 0 Å². The van der Waals surface area contributed by atoms with E-state index in [-0.39, 0.29) is 17.2 Å². The van der Waals surface area contributed by atoms with Gasteiger partial charge in [-0.15, -0.1) is 0 Å². The van der Waals surface area contributed by atoms with Gasteiger partial charge in [0.2, 0.25) is 7.37 Å². The Kier molecular flexibility index (Phi) is 6.65. The number of rotatable bonds is 7. The molecule has 0 bridgehead atoms. The van der Waals surface area contributed by atoms with Gasteiger partial charge in [-0.3, -0.25) is 4.57 Å². The Hall–Kier alpha value is -0.630. The topological polar surface area (TPSA) is 38.3 Å². The second kappa shape index (κ2) is 7.58. The minimum absolute atomic E-state index is 0.115. The van der Waals surface area contributed by atoms with Crippen molar-refractivity contribution in [3.8, 4) is 0 Å². The standard InChI is InChI=1S/C17H30NO2P/c1-7-14(3)16(18-17(4,5)6)21(19,20-8-2)15-12-10-9-11-13-15/h9-14,16,18H,7-8H2,1-6H3. The molecule has 4 heteroatoms. The molecule has 21 heavy (non-hydrogen) atoms. The van der Waals surface area contributed by atoms with Crippen molar-refractivity contribution < 1.29 is 9.09 Å². The van der Waals surface area contributed by atoms with Crippen LogP contribution in [0.3, 0.4) is 0 Å². The molecule has 0 radical (unpaired) electrons. The van der Waals surface area contributed by atoms with Crippen LogP contribution in [-0.2, 0) is 9.09 Å². The van der Waals surface area contributed by atoms with Crippen molar-refractivity contribution in [2.75, 3.05) is 6.61 Å². The van der Waals surface area contributed by atoms with Gasteiger partial charge in [-0.25, -0.2) is 0 Å². The average molecular weight is 311 g/mol. The third-order valence-corrected chi connectivity index (χ3v) is 6.60. The molecular weight excluding hydrogens is 281 g/mol. The van der Waals surface area contributed by atoms with Crippen molar-refractivity contribution >= 4 is 12.7 Å². The van der Waals surface area contributed by atoms with Gasteiger partial charge in [-0.1, -0.05) is 38.5 Å². The Labute approximate surface area is 129 Å². The summed E-state index contributed by atoms with van der Waals surface area (Å²) in [5.41, 5.74) is -0.115. The van der Waals surface area contributed by atoms with Crippen LogP contribution < -0.4 is 10.6 Å². The summed E-state index contributed by atoms with van der Waals surface area (Å²) in [4.78, 5) is 0. The quantitative estimate of drug-likeness (QED) is 0.759. The molecule has 0 aliphatic carbocycles. The van der Waals surface area contributed by atoms with E-state index in [0.717, 1.165) is 11.7 Å². The Bertz CT molecular complexity index is 467. The van der Waals surface area contributed by atoms with Crippen LogP contribution >= 0.6 is 7.37 Å². The van der Waals surface area contributed by atoms with Crippen molar-refractivity contribution in [1.82, 2.24) is 5.32 Å². The summed E-state index contributed by atoms with van der Waals surface area (Å²) in [5.74, 6) is 0.0895. The molecule has 0 aliphatic rings. The SMILES string of the molecule is CCOP(=O)(c1ccccc1)C(NC(C)(C)C)C(C)CC. The summed E-state index contributed by atoms with van der Waals surface area (Å²) in [7, 11) is -2.96. The molecule has 0 saturated heterocycles. The molecule has 3 atom stereocenters. The third-order valence-electron chi connectivity index (χ3n) is 3.57. The number of hydrogen-bond acceptors (Lipinski definition) is 3. The maximum atomic E-state index is 13.7. The van der Waals surface area contributed by atoms with Crippen molar-refractivity contribution in [2.45, 2.75) is 59.3 Å². The maximum Gasteiger partial charge on any atom is 0.248 e. The second-order valence-corrected chi connectivity index (χ2v) is 9.10. The molecule has 0 aromatic heterocycles. The van der Waals surface area contributed by atoms with Gasteiger partial charge < -0.3 is 9.84 Å². The minimum atomic E-state index is -2.96. The molecule has 3 nitrogen and oxygen atoms in total. The van der Waals surface area contributed by atoms with E-state index in [9.17, 15) is 4.57 Å². The van der Waals surface area contributed by atoms with Crippen LogP contribution in [0.1, 0.15) is 48.0 Å². The van der Waals surface area contributed by atoms with Crippen molar-refractivity contribution in [3.05, 3.63) is 30.3 Å². The summed E-state index contributed by atoms with van der Waals surface area (Å²) in [6.45, 7) is 12.9. The van der Waals surface area contributed by atoms with E-state index in [0.29, 0.717) is 6.61 Å². The fraction of sp³-hybridized carbons (Fsp3) is 0.647. The summed E-state index contributed by atoms with van der Waals surface area (Å²) in [5, 5.41) is 4.34. The normalized spacial score (nSPS) is 18.0. The molecule has 0 spiro atoms. The molecule has 0 amide bonds. The van der Waals surface area contributed by atoms with E-state index in [2.05, 4.69) is 39.9 Å². The van der Waals surface area contributed by atoms with Gasteiger partial charge in [-0.05, 0) is 45.7 Å². The number of benzene rings is 1. The summed E-state index contributed by atoms with van der Waals surface area (Å²) in [6, 6.07) is 9.61. The third kappa shape index (κ3) is 4.95. The highest BCUT2D eigenvalue weighted by atomic mass is 31.2. The lowest BCUT2D eigenvalue weighted by molar-refractivity contribution is 0.284. The van der Waals surface area contributed by atoms with Gasteiger partial charge in [-0.2, -0.15) is 0 Å². The predicted molar refractivity (Wildman–Crippen MR) is 91.4 cm³/mol. The lowest BCUT2D eigenvalue weighted by Crippen LogP contribution is -2.48. The fourth-order valence-corrected chi connectivity index (χ4v) is 5.41. The first-order chi connectivity index (χ1) is 9.74. The van der Waals surface area contributed by atoms with Crippen molar-refractivity contribution in [2.24, 2.45) is 5.92 Å². The highest BCUT2D eigenvalue weighted by molar-refractivity contribution is 7.67. The molecular formula is C17H30NO2P.